The van der Waals surface area contributed by atoms with E-state index in [0.29, 0.717) is 52.6 Å². The van der Waals surface area contributed by atoms with Gasteiger partial charge in [0.1, 0.15) is 11.6 Å². The van der Waals surface area contributed by atoms with Crippen LogP contribution in [0.4, 0.5) is 5.82 Å². The van der Waals surface area contributed by atoms with Crippen LogP contribution in [0.1, 0.15) is 43.7 Å². The first-order valence-electron chi connectivity index (χ1n) is 9.43. The lowest BCUT2D eigenvalue weighted by Crippen LogP contribution is -2.35. The average Bonchev–Trinajstić information content (AvgIpc) is 3.04. The molecule has 1 aliphatic heterocycles. The van der Waals surface area contributed by atoms with Crippen LogP contribution in [-0.2, 0) is 4.79 Å². The summed E-state index contributed by atoms with van der Waals surface area (Å²) < 4.78 is 16.5. The van der Waals surface area contributed by atoms with E-state index in [-0.39, 0.29) is 16.8 Å². The first-order chi connectivity index (χ1) is 13.8. The predicted molar refractivity (Wildman–Crippen MR) is 108 cm³/mol. The second-order valence-electron chi connectivity index (χ2n) is 8.21. The maximum absolute atomic E-state index is 13.2. The van der Waals surface area contributed by atoms with Gasteiger partial charge >= 0.3 is 0 Å². The minimum absolute atomic E-state index is 0.0248. The summed E-state index contributed by atoms with van der Waals surface area (Å²) in [4.78, 5) is 25.9. The topological polar surface area (TPSA) is 105 Å². The molecule has 0 fully saturated rings. The van der Waals surface area contributed by atoms with Crippen LogP contribution in [0.2, 0.25) is 0 Å². The van der Waals surface area contributed by atoms with Crippen molar-refractivity contribution >= 4 is 11.6 Å². The van der Waals surface area contributed by atoms with E-state index in [1.54, 1.807) is 33.5 Å². The fourth-order valence-electron chi connectivity index (χ4n) is 4.41. The molecule has 8 heteroatoms. The molecule has 0 radical (unpaired) electrons. The van der Waals surface area contributed by atoms with Gasteiger partial charge in [-0.15, -0.1) is 0 Å². The Morgan fingerprint density at radius 3 is 2.24 bits per heavy atom. The minimum atomic E-state index is -0.574. The summed E-state index contributed by atoms with van der Waals surface area (Å²) in [5, 5.41) is 8.80. The third-order valence-corrected chi connectivity index (χ3v) is 5.64. The van der Waals surface area contributed by atoms with Gasteiger partial charge < -0.3 is 19.5 Å². The Morgan fingerprint density at radius 1 is 0.931 bits per heavy atom. The molecule has 0 bridgehead atoms. The standard InChI is InChI=1S/C21H25N3O5/c1-21(2)8-11-17(12(25)9-21)16(18-19(22-11)23-24-20(18)26)10-6-14(28-4)15(29-5)7-13(10)27-3/h6-7,16H,8-9H2,1-5H3,(H3,22,23,24,26). The van der Waals surface area contributed by atoms with Gasteiger partial charge in [0.25, 0.3) is 5.56 Å². The molecule has 0 amide bonds. The zero-order valence-corrected chi connectivity index (χ0v) is 17.2. The number of Topliss-reactive ketones (excluding diaryl/α,β-unsaturated/α-hetero) is 1. The third kappa shape index (κ3) is 2.99. The number of fused-ring (bicyclic) bond motifs is 1. The van der Waals surface area contributed by atoms with Crippen LogP contribution in [0.5, 0.6) is 17.2 Å². The first-order valence-corrected chi connectivity index (χ1v) is 9.43. The first kappa shape index (κ1) is 19.2. The number of aromatic amines is 2. The van der Waals surface area contributed by atoms with Gasteiger partial charge in [0.05, 0.1) is 32.8 Å². The molecule has 0 saturated carbocycles. The molecule has 0 saturated heterocycles. The van der Waals surface area contributed by atoms with Gasteiger partial charge in [-0.05, 0) is 17.9 Å². The fourth-order valence-corrected chi connectivity index (χ4v) is 4.41. The number of hydrogen-bond donors (Lipinski definition) is 3. The van der Waals surface area contributed by atoms with E-state index in [2.05, 4.69) is 29.4 Å². The largest absolute Gasteiger partial charge is 0.496 e. The van der Waals surface area contributed by atoms with Crippen LogP contribution >= 0.6 is 0 Å². The lowest BCUT2D eigenvalue weighted by Gasteiger charge is -2.38. The van der Waals surface area contributed by atoms with Gasteiger partial charge in [-0.2, -0.15) is 0 Å². The Hall–Kier alpha value is -3.16. The summed E-state index contributed by atoms with van der Waals surface area (Å²) in [6.45, 7) is 4.13. The second-order valence-corrected chi connectivity index (χ2v) is 8.21. The Labute approximate surface area is 168 Å². The molecule has 4 rings (SSSR count). The van der Waals surface area contributed by atoms with Crippen molar-refractivity contribution in [2.24, 2.45) is 5.41 Å². The predicted octanol–water partition coefficient (Wildman–Crippen LogP) is 2.93. The molecule has 2 aromatic rings. The Balaban J connectivity index is 2.00. The van der Waals surface area contributed by atoms with E-state index in [4.69, 9.17) is 14.2 Å². The molecular formula is C21H25N3O5. The van der Waals surface area contributed by atoms with Gasteiger partial charge in [-0.25, -0.2) is 0 Å². The number of carbonyl (C=O) groups is 1. The molecule has 1 unspecified atom stereocenters. The van der Waals surface area contributed by atoms with Gasteiger partial charge in [0.2, 0.25) is 0 Å². The van der Waals surface area contributed by atoms with E-state index >= 15 is 0 Å². The Kier molecular flexibility index (Phi) is 4.44. The molecule has 2 aliphatic rings. The summed E-state index contributed by atoms with van der Waals surface area (Å²) in [5.41, 5.74) is 2.13. The van der Waals surface area contributed by atoms with Crippen molar-refractivity contribution in [3.05, 3.63) is 44.9 Å². The van der Waals surface area contributed by atoms with Crippen LogP contribution < -0.4 is 25.1 Å². The smallest absolute Gasteiger partial charge is 0.270 e. The minimum Gasteiger partial charge on any atom is -0.496 e. The molecule has 3 N–H and O–H groups in total. The maximum atomic E-state index is 13.2. The number of benzene rings is 1. The van der Waals surface area contributed by atoms with Crippen LogP contribution in [0.15, 0.2) is 28.2 Å². The van der Waals surface area contributed by atoms with Gasteiger partial charge in [0, 0.05) is 29.3 Å². The molecular weight excluding hydrogens is 374 g/mol. The highest BCUT2D eigenvalue weighted by Gasteiger charge is 2.43. The molecule has 29 heavy (non-hydrogen) atoms. The highest BCUT2D eigenvalue weighted by atomic mass is 16.5. The number of aromatic nitrogens is 2. The second kappa shape index (κ2) is 6.72. The molecule has 0 spiro atoms. The molecule has 2 heterocycles. The lowest BCUT2D eigenvalue weighted by molar-refractivity contribution is -0.118. The molecule has 1 aliphatic carbocycles. The number of methoxy groups -OCH3 is 3. The number of nitrogens with one attached hydrogen (secondary N) is 3. The quantitative estimate of drug-likeness (QED) is 0.730. The number of carbonyl (C=O) groups excluding carboxylic acids is 1. The van der Waals surface area contributed by atoms with Crippen LogP contribution in [0.25, 0.3) is 0 Å². The number of anilines is 1. The van der Waals surface area contributed by atoms with Crippen molar-refractivity contribution in [2.75, 3.05) is 26.6 Å². The summed E-state index contributed by atoms with van der Waals surface area (Å²) in [6, 6.07) is 3.50. The lowest BCUT2D eigenvalue weighted by atomic mass is 9.69. The maximum Gasteiger partial charge on any atom is 0.270 e. The number of ketones is 1. The van der Waals surface area contributed by atoms with Crippen molar-refractivity contribution < 1.29 is 19.0 Å². The van der Waals surface area contributed by atoms with E-state index in [9.17, 15) is 9.59 Å². The monoisotopic (exact) mass is 399 g/mol. The number of allylic oxidation sites excluding steroid dienone is 2. The van der Waals surface area contributed by atoms with E-state index < -0.39 is 5.92 Å². The van der Waals surface area contributed by atoms with Gasteiger partial charge in [-0.3, -0.25) is 19.8 Å². The highest BCUT2D eigenvalue weighted by molar-refractivity contribution is 6.01. The number of rotatable bonds is 4. The Morgan fingerprint density at radius 2 is 1.59 bits per heavy atom. The van der Waals surface area contributed by atoms with E-state index in [0.717, 1.165) is 5.70 Å². The SMILES string of the molecule is COc1cc(OC)c(C2C3=C(CC(C)(C)CC3=O)Nc3[nH][nH]c(=O)c32)cc1OC. The molecule has 8 nitrogen and oxygen atoms in total. The van der Waals surface area contributed by atoms with Crippen molar-refractivity contribution in [1.29, 1.82) is 0 Å². The van der Waals surface area contributed by atoms with Crippen molar-refractivity contribution in [3.8, 4) is 17.2 Å². The van der Waals surface area contributed by atoms with Crippen molar-refractivity contribution in [1.82, 2.24) is 10.2 Å². The molecule has 1 atom stereocenters. The summed E-state index contributed by atoms with van der Waals surface area (Å²) in [5.74, 6) is 1.55. The molecule has 1 aromatic heterocycles. The van der Waals surface area contributed by atoms with Crippen molar-refractivity contribution in [2.45, 2.75) is 32.6 Å². The van der Waals surface area contributed by atoms with E-state index in [1.165, 1.54) is 0 Å². The summed E-state index contributed by atoms with van der Waals surface area (Å²) >= 11 is 0. The summed E-state index contributed by atoms with van der Waals surface area (Å²) in [6.07, 6.45) is 1.12. The zero-order valence-electron chi connectivity index (χ0n) is 17.2. The normalized spacial score (nSPS) is 19.9. The van der Waals surface area contributed by atoms with Gasteiger partial charge in [0.15, 0.2) is 17.3 Å². The van der Waals surface area contributed by atoms with Crippen LogP contribution in [0.3, 0.4) is 0 Å². The van der Waals surface area contributed by atoms with E-state index in [1.807, 2.05) is 0 Å². The zero-order chi connectivity index (χ0) is 20.9. The number of hydrogen-bond acceptors (Lipinski definition) is 6. The van der Waals surface area contributed by atoms with Crippen LogP contribution in [0, 0.1) is 5.41 Å². The number of H-pyrrole nitrogens is 2. The average molecular weight is 399 g/mol. The fraction of sp³-hybridized carbons (Fsp3) is 0.429. The third-order valence-electron chi connectivity index (χ3n) is 5.64. The molecule has 154 valence electrons. The number of ether oxygens (including phenoxy) is 3. The Bertz CT molecular complexity index is 1080. The van der Waals surface area contributed by atoms with Gasteiger partial charge in [-0.1, -0.05) is 13.8 Å². The summed E-state index contributed by atoms with van der Waals surface area (Å²) in [7, 11) is 4.64. The van der Waals surface area contributed by atoms with Crippen LogP contribution in [-0.4, -0.2) is 37.3 Å². The van der Waals surface area contributed by atoms with Crippen molar-refractivity contribution in [3.63, 3.8) is 0 Å². The molecule has 1 aromatic carbocycles. The highest BCUT2D eigenvalue weighted by Crippen LogP contribution is 2.50.